The molecule has 0 spiro atoms. The maximum Gasteiger partial charge on any atom is 0.362 e. The first-order valence-electron chi connectivity index (χ1n) is 11.9. The molecule has 4 rings (SSSR count). The van der Waals surface area contributed by atoms with E-state index in [1.54, 1.807) is 7.11 Å². The number of carbonyl (C=O) groups is 2. The molecule has 2 aromatic rings. The summed E-state index contributed by atoms with van der Waals surface area (Å²) in [6.07, 6.45) is 4.81. The fourth-order valence-corrected chi connectivity index (χ4v) is 5.39. The van der Waals surface area contributed by atoms with Gasteiger partial charge in [-0.1, -0.05) is 30.3 Å². The Morgan fingerprint density at radius 3 is 2.21 bits per heavy atom. The van der Waals surface area contributed by atoms with Gasteiger partial charge in [0.25, 0.3) is 5.91 Å². The van der Waals surface area contributed by atoms with Gasteiger partial charge in [-0.3, -0.25) is 4.79 Å². The molecule has 2 fully saturated rings. The zero-order valence-corrected chi connectivity index (χ0v) is 20.0. The van der Waals surface area contributed by atoms with Crippen LogP contribution in [0.2, 0.25) is 0 Å². The number of esters is 1. The van der Waals surface area contributed by atoms with Gasteiger partial charge < -0.3 is 19.3 Å². The third-order valence-corrected chi connectivity index (χ3v) is 7.38. The number of rotatable bonds is 8. The van der Waals surface area contributed by atoms with Gasteiger partial charge in [0, 0.05) is 18.5 Å². The Kier molecular flexibility index (Phi) is 6.75. The van der Waals surface area contributed by atoms with Crippen LogP contribution in [0.15, 0.2) is 42.5 Å². The Bertz CT molecular complexity index is 985. The van der Waals surface area contributed by atoms with Crippen molar-refractivity contribution in [2.24, 2.45) is 0 Å². The Hall–Kier alpha value is -2.86. The van der Waals surface area contributed by atoms with Crippen LogP contribution in [0.5, 0.6) is 5.75 Å². The second kappa shape index (κ2) is 9.56. The summed E-state index contributed by atoms with van der Waals surface area (Å²) < 4.78 is 11.5. The van der Waals surface area contributed by atoms with E-state index in [0.29, 0.717) is 4.48 Å². The molecule has 2 aromatic carbocycles. The molecule has 1 aliphatic heterocycles. The van der Waals surface area contributed by atoms with Crippen LogP contribution in [0.1, 0.15) is 48.8 Å². The molecule has 176 valence electrons. The van der Waals surface area contributed by atoms with E-state index in [1.807, 2.05) is 56.3 Å². The van der Waals surface area contributed by atoms with Gasteiger partial charge in [0.1, 0.15) is 12.4 Å². The minimum Gasteiger partial charge on any atom is -0.497 e. The lowest BCUT2D eigenvalue weighted by Gasteiger charge is -2.46. The van der Waals surface area contributed by atoms with Crippen LogP contribution >= 0.6 is 0 Å². The van der Waals surface area contributed by atoms with Crippen molar-refractivity contribution in [1.29, 1.82) is 0 Å². The van der Waals surface area contributed by atoms with E-state index in [4.69, 9.17) is 9.47 Å². The molecule has 6 nitrogen and oxygen atoms in total. The number of hydrogen-bond donors (Lipinski definition) is 1. The van der Waals surface area contributed by atoms with E-state index in [2.05, 4.69) is 5.32 Å². The Balaban J connectivity index is 1.51. The van der Waals surface area contributed by atoms with Crippen molar-refractivity contribution >= 4 is 17.6 Å². The highest BCUT2D eigenvalue weighted by Crippen LogP contribution is 2.50. The molecule has 0 radical (unpaired) electrons. The number of carbonyl (C=O) groups excluding carboxylic acids is 2. The molecule has 1 aliphatic carbocycles. The summed E-state index contributed by atoms with van der Waals surface area (Å²) in [5.41, 5.74) is 3.21. The van der Waals surface area contributed by atoms with Crippen LogP contribution < -0.4 is 10.1 Å². The maximum absolute atomic E-state index is 13.7. The molecule has 6 heteroatoms. The van der Waals surface area contributed by atoms with Crippen LogP contribution in [0.25, 0.3) is 0 Å². The van der Waals surface area contributed by atoms with Crippen molar-refractivity contribution in [2.45, 2.75) is 58.1 Å². The van der Waals surface area contributed by atoms with E-state index in [9.17, 15) is 9.59 Å². The van der Waals surface area contributed by atoms with Gasteiger partial charge in [-0.05, 0) is 61.9 Å². The SMILES string of the molecule is COc1cc(C)c(NC(=O)C2([N+]3(CC(=O)OCc4ccccc4)CCCCC3)CC2)c(C)c1. The number of piperidine rings is 1. The largest absolute Gasteiger partial charge is 0.497 e. The van der Waals surface area contributed by atoms with Crippen molar-refractivity contribution in [3.63, 3.8) is 0 Å². The van der Waals surface area contributed by atoms with Crippen molar-refractivity contribution in [3.05, 3.63) is 59.2 Å². The molecule has 0 atom stereocenters. The second-order valence-corrected chi connectivity index (χ2v) is 9.58. The highest BCUT2D eigenvalue weighted by atomic mass is 16.5. The molecular weight excluding hydrogens is 416 g/mol. The molecule has 1 N–H and O–H groups in total. The topological polar surface area (TPSA) is 64.6 Å². The lowest BCUT2D eigenvalue weighted by molar-refractivity contribution is -0.950. The number of aryl methyl sites for hydroxylation is 2. The second-order valence-electron chi connectivity index (χ2n) is 9.58. The number of benzene rings is 2. The average molecular weight is 452 g/mol. The first-order chi connectivity index (χ1) is 15.9. The van der Waals surface area contributed by atoms with E-state index in [-0.39, 0.29) is 25.0 Å². The molecule has 1 saturated heterocycles. The highest BCUT2D eigenvalue weighted by Gasteiger charge is 2.66. The summed E-state index contributed by atoms with van der Waals surface area (Å²) in [6.45, 7) is 6.17. The minimum absolute atomic E-state index is 0.0247. The summed E-state index contributed by atoms with van der Waals surface area (Å²) in [4.78, 5) is 26.7. The first-order valence-corrected chi connectivity index (χ1v) is 11.9. The van der Waals surface area contributed by atoms with Crippen molar-refractivity contribution < 1.29 is 23.5 Å². The summed E-state index contributed by atoms with van der Waals surface area (Å²) in [5.74, 6) is 0.582. The number of nitrogens with zero attached hydrogens (tertiary/aromatic N) is 1. The molecule has 2 aliphatic rings. The van der Waals surface area contributed by atoms with Gasteiger partial charge in [-0.15, -0.1) is 0 Å². The summed E-state index contributed by atoms with van der Waals surface area (Å²) >= 11 is 0. The first kappa shape index (κ1) is 23.3. The van der Waals surface area contributed by atoms with Gasteiger partial charge in [0.15, 0.2) is 12.1 Å². The minimum atomic E-state index is -0.551. The Labute approximate surface area is 196 Å². The van der Waals surface area contributed by atoms with E-state index in [0.717, 1.165) is 73.3 Å². The quantitative estimate of drug-likeness (QED) is 0.473. The van der Waals surface area contributed by atoms with Gasteiger partial charge in [0.2, 0.25) is 0 Å². The van der Waals surface area contributed by atoms with Gasteiger partial charge in [0.05, 0.1) is 20.2 Å². The number of methoxy groups -OCH3 is 1. The third kappa shape index (κ3) is 4.76. The van der Waals surface area contributed by atoms with Crippen molar-refractivity contribution in [2.75, 3.05) is 32.1 Å². The third-order valence-electron chi connectivity index (χ3n) is 7.38. The van der Waals surface area contributed by atoms with Crippen LogP contribution in [0, 0.1) is 13.8 Å². The van der Waals surface area contributed by atoms with Crippen LogP contribution in [-0.4, -0.2) is 48.6 Å². The monoisotopic (exact) mass is 451 g/mol. The zero-order valence-electron chi connectivity index (χ0n) is 20.0. The molecule has 1 heterocycles. The molecule has 0 unspecified atom stereocenters. The number of hydrogen-bond acceptors (Lipinski definition) is 4. The maximum atomic E-state index is 13.7. The number of likely N-dealkylation sites (tertiary alicyclic amines) is 1. The number of nitrogens with one attached hydrogen (secondary N) is 1. The molecule has 1 saturated carbocycles. The highest BCUT2D eigenvalue weighted by molar-refractivity contribution is 6.00. The zero-order chi connectivity index (χ0) is 23.5. The summed E-state index contributed by atoms with van der Waals surface area (Å²) in [7, 11) is 1.65. The predicted octanol–water partition coefficient (Wildman–Crippen LogP) is 4.53. The van der Waals surface area contributed by atoms with Gasteiger partial charge in [-0.25, -0.2) is 4.79 Å². The van der Waals surface area contributed by atoms with Crippen molar-refractivity contribution in [1.82, 2.24) is 0 Å². The predicted molar refractivity (Wildman–Crippen MR) is 128 cm³/mol. The molecular formula is C27H35N2O4+. The van der Waals surface area contributed by atoms with Crippen molar-refractivity contribution in [3.8, 4) is 5.75 Å². The molecule has 0 bridgehead atoms. The molecule has 1 amide bonds. The fourth-order valence-electron chi connectivity index (χ4n) is 5.39. The number of anilines is 1. The van der Waals surface area contributed by atoms with Crippen LogP contribution in [0.3, 0.4) is 0 Å². The number of amides is 1. The lowest BCUT2D eigenvalue weighted by Crippen LogP contribution is -2.66. The van der Waals surface area contributed by atoms with E-state index in [1.165, 1.54) is 0 Å². The van der Waals surface area contributed by atoms with Crippen LogP contribution in [0.4, 0.5) is 5.69 Å². The normalized spacial score (nSPS) is 18.3. The number of ether oxygens (including phenoxy) is 2. The lowest BCUT2D eigenvalue weighted by atomic mass is 9.99. The summed E-state index contributed by atoms with van der Waals surface area (Å²) in [6, 6.07) is 13.6. The smallest absolute Gasteiger partial charge is 0.362 e. The van der Waals surface area contributed by atoms with E-state index >= 15 is 0 Å². The molecule has 0 aromatic heterocycles. The average Bonchev–Trinajstić information content (AvgIpc) is 3.64. The van der Waals surface area contributed by atoms with E-state index < -0.39 is 5.54 Å². The Morgan fingerprint density at radius 1 is 1.00 bits per heavy atom. The Morgan fingerprint density at radius 2 is 1.64 bits per heavy atom. The van der Waals surface area contributed by atoms with Gasteiger partial charge in [-0.2, -0.15) is 0 Å². The standard InChI is InChI=1S/C27H34N2O4/c1-20-16-23(32-3)17-21(2)25(20)28-26(31)27(12-13-27)29(14-8-5-9-15-29)18-24(30)33-19-22-10-6-4-7-11-22/h4,6-7,10-11,16-17H,5,8-9,12-15,18-19H2,1-3H3/p+1. The van der Waals surface area contributed by atoms with Gasteiger partial charge >= 0.3 is 5.97 Å². The van der Waals surface area contributed by atoms with Crippen LogP contribution in [-0.2, 0) is 20.9 Å². The fraction of sp³-hybridized carbons (Fsp3) is 0.481. The summed E-state index contributed by atoms with van der Waals surface area (Å²) in [5, 5.41) is 3.22. The molecule has 33 heavy (non-hydrogen) atoms. The number of quaternary nitrogens is 1.